The molecule has 24 heavy (non-hydrogen) atoms. The average Bonchev–Trinajstić information content (AvgIpc) is 3.19. The molecule has 0 bridgehead atoms. The number of cyclic esters (lactones) is 1. The summed E-state index contributed by atoms with van der Waals surface area (Å²) in [5.74, 6) is -1.28. The van der Waals surface area contributed by atoms with Crippen LogP contribution in [0.15, 0.2) is 12.1 Å². The fourth-order valence-corrected chi connectivity index (χ4v) is 3.27. The number of ketones is 1. The topological polar surface area (TPSA) is 96.4 Å². The number of phenolic OH excluding ortho intramolecular Hbond substituents is 2. The standard InChI is InChI=1S/C18H22O6/c1-10-6-16-15(24-16)5-3-2-4-12(19)7-11-8-13(20)9-14(21)17(11)18(22)23-10/h8-10,15-16,20-21H,2-7H2,1H3/t10-,15-,16-/m1/s1. The molecule has 2 N–H and O–H groups in total. The van der Waals surface area contributed by atoms with Crippen molar-refractivity contribution in [1.29, 1.82) is 0 Å². The molecule has 1 aromatic carbocycles. The molecule has 6 heteroatoms. The number of benzene rings is 1. The molecule has 0 aliphatic carbocycles. The first-order chi connectivity index (χ1) is 11.4. The lowest BCUT2D eigenvalue weighted by Gasteiger charge is -2.16. The van der Waals surface area contributed by atoms with Gasteiger partial charge in [-0.15, -0.1) is 0 Å². The van der Waals surface area contributed by atoms with Gasteiger partial charge in [-0.3, -0.25) is 4.79 Å². The van der Waals surface area contributed by atoms with Gasteiger partial charge in [-0.2, -0.15) is 0 Å². The molecule has 0 spiro atoms. The minimum absolute atomic E-state index is 0.0106. The zero-order valence-electron chi connectivity index (χ0n) is 13.7. The zero-order valence-corrected chi connectivity index (χ0v) is 13.7. The van der Waals surface area contributed by atoms with Crippen LogP contribution in [0.2, 0.25) is 0 Å². The normalized spacial score (nSPS) is 28.3. The number of ether oxygens (including phenoxy) is 2. The van der Waals surface area contributed by atoms with Crippen molar-refractivity contribution in [3.05, 3.63) is 23.3 Å². The highest BCUT2D eigenvalue weighted by Crippen LogP contribution is 2.33. The van der Waals surface area contributed by atoms with Gasteiger partial charge < -0.3 is 19.7 Å². The Morgan fingerprint density at radius 2 is 1.92 bits per heavy atom. The van der Waals surface area contributed by atoms with Crippen molar-refractivity contribution in [3.8, 4) is 11.5 Å². The van der Waals surface area contributed by atoms with E-state index in [1.807, 2.05) is 0 Å². The molecule has 0 amide bonds. The van der Waals surface area contributed by atoms with E-state index < -0.39 is 5.97 Å². The molecule has 2 aliphatic rings. The number of carbonyl (C=O) groups is 2. The van der Waals surface area contributed by atoms with E-state index in [4.69, 9.17) is 9.47 Å². The van der Waals surface area contributed by atoms with E-state index in [0.717, 1.165) is 25.3 Å². The van der Waals surface area contributed by atoms with Crippen molar-refractivity contribution < 1.29 is 29.3 Å². The summed E-state index contributed by atoms with van der Waals surface area (Å²) < 4.78 is 11.0. The molecular formula is C18H22O6. The van der Waals surface area contributed by atoms with E-state index in [1.165, 1.54) is 6.07 Å². The Morgan fingerprint density at radius 1 is 1.12 bits per heavy atom. The molecule has 0 aromatic heterocycles. The van der Waals surface area contributed by atoms with E-state index in [1.54, 1.807) is 6.92 Å². The van der Waals surface area contributed by atoms with Gasteiger partial charge in [0.1, 0.15) is 28.9 Å². The molecule has 2 heterocycles. The van der Waals surface area contributed by atoms with Gasteiger partial charge in [-0.05, 0) is 31.4 Å². The zero-order chi connectivity index (χ0) is 17.3. The van der Waals surface area contributed by atoms with Crippen molar-refractivity contribution in [2.24, 2.45) is 0 Å². The monoisotopic (exact) mass is 334 g/mol. The Kier molecular flexibility index (Phi) is 4.76. The van der Waals surface area contributed by atoms with Crippen molar-refractivity contribution in [3.63, 3.8) is 0 Å². The van der Waals surface area contributed by atoms with Crippen LogP contribution in [0.3, 0.4) is 0 Å². The van der Waals surface area contributed by atoms with Crippen LogP contribution in [-0.4, -0.2) is 40.3 Å². The Balaban J connectivity index is 1.87. The molecule has 1 saturated heterocycles. The van der Waals surface area contributed by atoms with Gasteiger partial charge in [0, 0.05) is 25.3 Å². The van der Waals surface area contributed by atoms with Crippen LogP contribution in [0.5, 0.6) is 11.5 Å². The summed E-state index contributed by atoms with van der Waals surface area (Å²) in [7, 11) is 0. The molecular weight excluding hydrogens is 312 g/mol. The van der Waals surface area contributed by atoms with Gasteiger partial charge in [0.15, 0.2) is 0 Å². The van der Waals surface area contributed by atoms with Gasteiger partial charge in [0.05, 0.1) is 12.2 Å². The predicted molar refractivity (Wildman–Crippen MR) is 85.1 cm³/mol. The largest absolute Gasteiger partial charge is 0.508 e. The second kappa shape index (κ2) is 6.81. The maximum Gasteiger partial charge on any atom is 0.342 e. The fraction of sp³-hybridized carbons (Fsp3) is 0.556. The molecule has 1 aromatic rings. The molecule has 2 aliphatic heterocycles. The van der Waals surface area contributed by atoms with Crippen molar-refractivity contribution in [2.75, 3.05) is 0 Å². The summed E-state index contributed by atoms with van der Waals surface area (Å²) in [5.41, 5.74) is 0.255. The lowest BCUT2D eigenvalue weighted by Crippen LogP contribution is -2.20. The number of esters is 1. The van der Waals surface area contributed by atoms with Crippen LogP contribution >= 0.6 is 0 Å². The number of aromatic hydroxyl groups is 2. The molecule has 3 rings (SSSR count). The lowest BCUT2D eigenvalue weighted by molar-refractivity contribution is -0.118. The second-order valence-electron chi connectivity index (χ2n) is 6.62. The van der Waals surface area contributed by atoms with Crippen LogP contribution in [-0.2, 0) is 20.7 Å². The molecule has 3 atom stereocenters. The molecule has 0 unspecified atom stereocenters. The van der Waals surface area contributed by atoms with Gasteiger partial charge >= 0.3 is 5.97 Å². The molecule has 130 valence electrons. The third-order valence-electron chi connectivity index (χ3n) is 4.53. The number of rotatable bonds is 0. The van der Waals surface area contributed by atoms with Crippen LogP contribution in [0.25, 0.3) is 0 Å². The van der Waals surface area contributed by atoms with Crippen LogP contribution in [0.1, 0.15) is 54.9 Å². The van der Waals surface area contributed by atoms with E-state index in [0.29, 0.717) is 18.4 Å². The van der Waals surface area contributed by atoms with Gasteiger partial charge in [0.2, 0.25) is 0 Å². The summed E-state index contributed by atoms with van der Waals surface area (Å²) in [6.07, 6.45) is 3.54. The molecule has 1 fully saturated rings. The van der Waals surface area contributed by atoms with Crippen molar-refractivity contribution >= 4 is 11.8 Å². The summed E-state index contributed by atoms with van der Waals surface area (Å²) in [6, 6.07) is 2.42. The highest BCUT2D eigenvalue weighted by atomic mass is 16.6. The van der Waals surface area contributed by atoms with Crippen LogP contribution in [0, 0.1) is 0 Å². The minimum atomic E-state index is -0.683. The molecule has 6 nitrogen and oxygen atoms in total. The summed E-state index contributed by atoms with van der Waals surface area (Å²) in [5, 5.41) is 19.7. The first kappa shape index (κ1) is 16.8. The third-order valence-corrected chi connectivity index (χ3v) is 4.53. The number of hydrogen-bond donors (Lipinski definition) is 2. The van der Waals surface area contributed by atoms with Crippen LogP contribution < -0.4 is 0 Å². The summed E-state index contributed by atoms with van der Waals surface area (Å²) in [4.78, 5) is 24.6. The van der Waals surface area contributed by atoms with Crippen molar-refractivity contribution in [2.45, 2.75) is 63.8 Å². The first-order valence-corrected chi connectivity index (χ1v) is 8.37. The van der Waals surface area contributed by atoms with E-state index >= 15 is 0 Å². The SMILES string of the molecule is C[C@@H]1C[C@H]2O[C@@H]2CCCCC(=O)Cc2cc(O)cc(O)c2C(=O)O1. The van der Waals surface area contributed by atoms with E-state index in [-0.39, 0.29) is 47.6 Å². The van der Waals surface area contributed by atoms with Crippen LogP contribution in [0.4, 0.5) is 0 Å². The number of hydrogen-bond acceptors (Lipinski definition) is 6. The minimum Gasteiger partial charge on any atom is -0.508 e. The maximum absolute atomic E-state index is 12.4. The Labute approximate surface area is 140 Å². The number of phenols is 2. The maximum atomic E-state index is 12.4. The number of epoxide rings is 1. The smallest absolute Gasteiger partial charge is 0.342 e. The van der Waals surface area contributed by atoms with Gasteiger partial charge in [-0.1, -0.05) is 6.42 Å². The lowest BCUT2D eigenvalue weighted by atomic mass is 9.97. The summed E-state index contributed by atoms with van der Waals surface area (Å²) in [6.45, 7) is 1.78. The van der Waals surface area contributed by atoms with Gasteiger partial charge in [-0.25, -0.2) is 4.79 Å². The van der Waals surface area contributed by atoms with E-state index in [2.05, 4.69) is 0 Å². The van der Waals surface area contributed by atoms with E-state index in [9.17, 15) is 19.8 Å². The third kappa shape index (κ3) is 3.87. The highest BCUT2D eigenvalue weighted by molar-refractivity contribution is 5.96. The van der Waals surface area contributed by atoms with Crippen molar-refractivity contribution in [1.82, 2.24) is 0 Å². The number of Topliss-reactive ketones (excluding diaryl/α,β-unsaturated/α-hetero) is 1. The average molecular weight is 334 g/mol. The predicted octanol–water partition coefficient (Wildman–Crippen LogP) is 2.49. The second-order valence-corrected chi connectivity index (χ2v) is 6.62. The first-order valence-electron chi connectivity index (χ1n) is 8.37. The molecule has 0 saturated carbocycles. The summed E-state index contributed by atoms with van der Waals surface area (Å²) >= 11 is 0. The van der Waals surface area contributed by atoms with Gasteiger partial charge in [0.25, 0.3) is 0 Å². The Bertz CT molecular complexity index is 653. The Hall–Kier alpha value is -2.08. The Morgan fingerprint density at radius 3 is 2.71 bits per heavy atom. The fourth-order valence-electron chi connectivity index (χ4n) is 3.27. The number of carbonyl (C=O) groups excluding carboxylic acids is 2. The quantitative estimate of drug-likeness (QED) is 0.559. The molecule has 0 radical (unpaired) electrons. The highest BCUT2D eigenvalue weighted by Gasteiger charge is 2.39. The number of fused-ring (bicyclic) bond motifs is 2.